The van der Waals surface area contributed by atoms with Gasteiger partial charge < -0.3 is 15.3 Å². The molecular formula is C18H23N3O2S. The minimum Gasteiger partial charge on any atom is -0.396 e. The van der Waals surface area contributed by atoms with Crippen molar-refractivity contribution in [3.63, 3.8) is 0 Å². The molecule has 1 atom stereocenters. The van der Waals surface area contributed by atoms with Crippen molar-refractivity contribution in [3.05, 3.63) is 51.5 Å². The fraction of sp³-hybridized carbons (Fsp3) is 0.444. The lowest BCUT2D eigenvalue weighted by molar-refractivity contribution is 0.164. The summed E-state index contributed by atoms with van der Waals surface area (Å²) >= 11 is 1.60. The van der Waals surface area contributed by atoms with Crippen LogP contribution in [0.3, 0.4) is 0 Å². The second kappa shape index (κ2) is 7.77. The normalized spacial score (nSPS) is 16.0. The number of amides is 2. The summed E-state index contributed by atoms with van der Waals surface area (Å²) in [6.45, 7) is 3.09. The van der Waals surface area contributed by atoms with E-state index in [2.05, 4.69) is 22.4 Å². The van der Waals surface area contributed by atoms with Crippen molar-refractivity contribution in [2.75, 3.05) is 13.2 Å². The predicted molar refractivity (Wildman–Crippen MR) is 95.0 cm³/mol. The third-order valence-corrected chi connectivity index (χ3v) is 5.27. The summed E-state index contributed by atoms with van der Waals surface area (Å²) in [5.74, 6) is 0. The van der Waals surface area contributed by atoms with Gasteiger partial charge in [-0.15, -0.1) is 11.3 Å². The average Bonchev–Trinajstić information content (AvgIpc) is 3.20. The molecule has 3 rings (SSSR count). The van der Waals surface area contributed by atoms with Crippen molar-refractivity contribution in [1.29, 1.82) is 0 Å². The number of rotatable bonds is 6. The Morgan fingerprint density at radius 3 is 3.04 bits per heavy atom. The summed E-state index contributed by atoms with van der Waals surface area (Å²) in [4.78, 5) is 20.0. The molecule has 128 valence electrons. The van der Waals surface area contributed by atoms with Crippen molar-refractivity contribution in [2.24, 2.45) is 0 Å². The molecule has 1 aromatic carbocycles. The van der Waals surface area contributed by atoms with E-state index in [4.69, 9.17) is 0 Å². The molecule has 0 spiro atoms. The number of aliphatic hydroxyl groups is 1. The fourth-order valence-corrected chi connectivity index (χ4v) is 3.96. The van der Waals surface area contributed by atoms with Gasteiger partial charge >= 0.3 is 6.03 Å². The van der Waals surface area contributed by atoms with Crippen molar-refractivity contribution >= 4 is 17.4 Å². The Kier molecular flexibility index (Phi) is 5.48. The molecule has 1 aliphatic carbocycles. The Balaban J connectivity index is 1.70. The Morgan fingerprint density at radius 2 is 2.29 bits per heavy atom. The lowest BCUT2D eigenvalue weighted by Crippen LogP contribution is -2.42. The molecule has 0 bridgehead atoms. The largest absolute Gasteiger partial charge is 0.396 e. The molecule has 5 nitrogen and oxygen atoms in total. The van der Waals surface area contributed by atoms with Crippen molar-refractivity contribution < 1.29 is 9.90 Å². The lowest BCUT2D eigenvalue weighted by atomic mass is 10.1. The third-order valence-electron chi connectivity index (χ3n) is 4.36. The second-order valence-electron chi connectivity index (χ2n) is 6.05. The molecule has 0 unspecified atom stereocenters. The maximum absolute atomic E-state index is 12.7. The molecule has 6 heteroatoms. The molecule has 0 radical (unpaired) electrons. The molecule has 0 aliphatic heterocycles. The summed E-state index contributed by atoms with van der Waals surface area (Å²) in [6.07, 6.45) is 4.34. The Morgan fingerprint density at radius 1 is 1.46 bits per heavy atom. The second-order valence-corrected chi connectivity index (χ2v) is 7.37. The monoisotopic (exact) mass is 345 g/mol. The van der Waals surface area contributed by atoms with Crippen LogP contribution in [-0.2, 0) is 13.0 Å². The molecule has 2 N–H and O–H groups in total. The maximum Gasteiger partial charge on any atom is 0.318 e. The average molecular weight is 345 g/mol. The number of hydrogen-bond donors (Lipinski definition) is 2. The maximum atomic E-state index is 12.7. The van der Waals surface area contributed by atoms with Crippen LogP contribution in [-0.4, -0.2) is 34.2 Å². The van der Waals surface area contributed by atoms with Gasteiger partial charge in [0.15, 0.2) is 0 Å². The first-order valence-corrected chi connectivity index (χ1v) is 9.15. The first-order chi connectivity index (χ1) is 11.7. The molecule has 1 heterocycles. The SMILES string of the molecule is Cc1cnc(CNC(=O)N(CCCO)[C@@H]2CCc3ccccc32)s1. The van der Waals surface area contributed by atoms with E-state index < -0.39 is 0 Å². The number of benzene rings is 1. The highest BCUT2D eigenvalue weighted by atomic mass is 32.1. The van der Waals surface area contributed by atoms with E-state index >= 15 is 0 Å². The number of urea groups is 1. The molecule has 24 heavy (non-hydrogen) atoms. The molecule has 0 saturated heterocycles. The standard InChI is InChI=1S/C18H23N3O2S/c1-13-11-19-17(24-13)12-20-18(23)21(9-4-10-22)16-8-7-14-5-2-3-6-15(14)16/h2-3,5-6,11,16,22H,4,7-10,12H2,1H3,(H,20,23)/t16-/m1/s1. The predicted octanol–water partition coefficient (Wildman–Crippen LogP) is 3.03. The van der Waals surface area contributed by atoms with Gasteiger partial charge in [-0.1, -0.05) is 24.3 Å². The molecule has 1 aromatic heterocycles. The Bertz CT molecular complexity index is 701. The topological polar surface area (TPSA) is 65.5 Å². The van der Waals surface area contributed by atoms with Crippen molar-refractivity contribution in [3.8, 4) is 0 Å². The highest BCUT2D eigenvalue weighted by Crippen LogP contribution is 2.35. The summed E-state index contributed by atoms with van der Waals surface area (Å²) in [7, 11) is 0. The minimum atomic E-state index is -0.0852. The van der Waals surface area contributed by atoms with Gasteiger partial charge in [-0.2, -0.15) is 0 Å². The number of aliphatic hydroxyl groups excluding tert-OH is 1. The number of aromatic nitrogens is 1. The van der Waals surface area contributed by atoms with E-state index in [-0.39, 0.29) is 18.7 Å². The van der Waals surface area contributed by atoms with Crippen LogP contribution < -0.4 is 5.32 Å². The van der Waals surface area contributed by atoms with Crippen LogP contribution in [0.5, 0.6) is 0 Å². The van der Waals surface area contributed by atoms with E-state index in [1.165, 1.54) is 11.1 Å². The van der Waals surface area contributed by atoms with Crippen molar-refractivity contribution in [2.45, 2.75) is 38.8 Å². The first kappa shape index (κ1) is 16.9. The zero-order chi connectivity index (χ0) is 16.9. The highest BCUT2D eigenvalue weighted by Gasteiger charge is 2.30. The number of carbonyl (C=O) groups is 1. The lowest BCUT2D eigenvalue weighted by Gasteiger charge is -2.29. The summed E-state index contributed by atoms with van der Waals surface area (Å²) in [5, 5.41) is 13.1. The number of hydrogen-bond acceptors (Lipinski definition) is 4. The number of nitrogens with zero attached hydrogens (tertiary/aromatic N) is 2. The Labute approximate surface area is 146 Å². The fourth-order valence-electron chi connectivity index (χ4n) is 3.23. The van der Waals surface area contributed by atoms with Gasteiger partial charge in [-0.05, 0) is 37.3 Å². The van der Waals surface area contributed by atoms with Gasteiger partial charge in [-0.25, -0.2) is 9.78 Å². The molecule has 0 saturated carbocycles. The molecule has 2 amide bonds. The summed E-state index contributed by atoms with van der Waals surface area (Å²) in [5.41, 5.74) is 2.55. The molecule has 1 aliphatic rings. The quantitative estimate of drug-likeness (QED) is 0.846. The van der Waals surface area contributed by atoms with Gasteiger partial charge in [-0.3, -0.25) is 0 Å². The van der Waals surface area contributed by atoms with Crippen LogP contribution in [0.4, 0.5) is 4.79 Å². The van der Waals surface area contributed by atoms with Crippen LogP contribution in [0.15, 0.2) is 30.5 Å². The van der Waals surface area contributed by atoms with Crippen molar-refractivity contribution in [1.82, 2.24) is 15.2 Å². The van der Waals surface area contributed by atoms with Crippen LogP contribution in [0.1, 0.15) is 39.9 Å². The van der Waals surface area contributed by atoms with Crippen LogP contribution in [0, 0.1) is 6.92 Å². The number of fused-ring (bicyclic) bond motifs is 1. The van der Waals surface area contributed by atoms with Gasteiger partial charge in [0.1, 0.15) is 5.01 Å². The van der Waals surface area contributed by atoms with Crippen LogP contribution >= 0.6 is 11.3 Å². The van der Waals surface area contributed by atoms with Gasteiger partial charge in [0.2, 0.25) is 0 Å². The molecule has 0 fully saturated rings. The van der Waals surface area contributed by atoms with Crippen LogP contribution in [0.25, 0.3) is 0 Å². The number of carbonyl (C=O) groups excluding carboxylic acids is 1. The van der Waals surface area contributed by atoms with E-state index in [0.29, 0.717) is 19.5 Å². The highest BCUT2D eigenvalue weighted by molar-refractivity contribution is 7.11. The van der Waals surface area contributed by atoms with Gasteiger partial charge in [0.25, 0.3) is 0 Å². The number of aryl methyl sites for hydroxylation is 2. The summed E-state index contributed by atoms with van der Waals surface area (Å²) < 4.78 is 0. The number of thiazole rings is 1. The minimum absolute atomic E-state index is 0.0852. The van der Waals surface area contributed by atoms with E-state index in [1.807, 2.05) is 30.2 Å². The third kappa shape index (κ3) is 3.76. The Hall–Kier alpha value is -1.92. The molecule has 2 aromatic rings. The van der Waals surface area contributed by atoms with E-state index in [0.717, 1.165) is 22.7 Å². The summed E-state index contributed by atoms with van der Waals surface area (Å²) in [6, 6.07) is 8.32. The van der Waals surface area contributed by atoms with Gasteiger partial charge in [0.05, 0.1) is 12.6 Å². The first-order valence-electron chi connectivity index (χ1n) is 8.33. The molecular weight excluding hydrogens is 322 g/mol. The number of nitrogens with one attached hydrogen (secondary N) is 1. The zero-order valence-corrected chi connectivity index (χ0v) is 14.7. The zero-order valence-electron chi connectivity index (χ0n) is 13.9. The van der Waals surface area contributed by atoms with E-state index in [1.54, 1.807) is 11.3 Å². The van der Waals surface area contributed by atoms with E-state index in [9.17, 15) is 9.90 Å². The smallest absolute Gasteiger partial charge is 0.318 e. The van der Waals surface area contributed by atoms with Gasteiger partial charge in [0, 0.05) is 24.2 Å². The van der Waals surface area contributed by atoms with Crippen LogP contribution in [0.2, 0.25) is 0 Å².